The van der Waals surface area contributed by atoms with Gasteiger partial charge in [0.1, 0.15) is 6.04 Å². The molecule has 0 spiro atoms. The van der Waals surface area contributed by atoms with Crippen molar-refractivity contribution in [2.75, 3.05) is 26.2 Å². The monoisotopic (exact) mass is 269 g/mol. The molecule has 6 heteroatoms. The van der Waals surface area contributed by atoms with E-state index in [4.69, 9.17) is 11.5 Å². The summed E-state index contributed by atoms with van der Waals surface area (Å²) in [6.45, 7) is 7.53. The predicted octanol–water partition coefficient (Wildman–Crippen LogP) is 0.494. The first-order valence-electron chi connectivity index (χ1n) is 6.48. The molecule has 3 N–H and O–H groups in total. The normalized spacial score (nSPS) is 11.7. The molecule has 108 valence electrons. The third-order valence-corrected chi connectivity index (χ3v) is 2.76. The molecule has 0 rings (SSSR count). The van der Waals surface area contributed by atoms with Gasteiger partial charge in [0, 0.05) is 13.0 Å². The largest absolute Gasteiger partial charge is 0.480 e. The summed E-state index contributed by atoms with van der Waals surface area (Å²) in [7, 11) is 0. The summed E-state index contributed by atoms with van der Waals surface area (Å²) in [5, 5.41) is 13.8. The Kier molecular flexibility index (Phi) is 9.27. The second kappa shape index (κ2) is 10.2. The van der Waals surface area contributed by atoms with Crippen LogP contribution in [0.25, 0.3) is 0 Å². The zero-order chi connectivity index (χ0) is 14.7. The number of terminal acetylenes is 1. The van der Waals surface area contributed by atoms with Gasteiger partial charge in [-0.25, -0.2) is 9.59 Å². The highest BCUT2D eigenvalue weighted by molar-refractivity contribution is 5.82. The van der Waals surface area contributed by atoms with Crippen LogP contribution in [0.15, 0.2) is 0 Å². The van der Waals surface area contributed by atoms with Gasteiger partial charge in [0.15, 0.2) is 0 Å². The van der Waals surface area contributed by atoms with E-state index in [1.165, 1.54) is 0 Å². The second-order valence-electron chi connectivity index (χ2n) is 4.08. The number of hydrogen-bond acceptors (Lipinski definition) is 3. The average Bonchev–Trinajstić information content (AvgIpc) is 2.38. The van der Waals surface area contributed by atoms with Gasteiger partial charge in [-0.05, 0) is 26.1 Å². The number of rotatable bonds is 9. The molecule has 2 amide bonds. The quantitative estimate of drug-likeness (QED) is 0.420. The fourth-order valence-electron chi connectivity index (χ4n) is 1.57. The maximum atomic E-state index is 11.4. The Hall–Kier alpha value is -1.74. The molecular weight excluding hydrogens is 246 g/mol. The summed E-state index contributed by atoms with van der Waals surface area (Å²) in [5.74, 6) is 1.09. The molecule has 19 heavy (non-hydrogen) atoms. The fourth-order valence-corrected chi connectivity index (χ4v) is 1.57. The number of amides is 2. The van der Waals surface area contributed by atoms with Gasteiger partial charge in [-0.15, -0.1) is 12.3 Å². The molecule has 0 radical (unpaired) electrons. The maximum absolute atomic E-state index is 11.4. The van der Waals surface area contributed by atoms with Crippen molar-refractivity contribution in [3.8, 4) is 12.3 Å². The molecule has 0 fully saturated rings. The number of carboxylic acid groups (broad SMARTS) is 1. The van der Waals surface area contributed by atoms with Crippen LogP contribution in [0.3, 0.4) is 0 Å². The number of hydrogen-bond donors (Lipinski definition) is 3. The third-order valence-electron chi connectivity index (χ3n) is 2.76. The molecule has 1 unspecified atom stereocenters. The minimum atomic E-state index is -1.13. The summed E-state index contributed by atoms with van der Waals surface area (Å²) in [5.41, 5.74) is 0. The van der Waals surface area contributed by atoms with Gasteiger partial charge in [-0.1, -0.05) is 13.8 Å². The van der Waals surface area contributed by atoms with E-state index in [-0.39, 0.29) is 6.42 Å². The van der Waals surface area contributed by atoms with Gasteiger partial charge < -0.3 is 20.6 Å². The first-order valence-corrected chi connectivity index (χ1v) is 6.48. The van der Waals surface area contributed by atoms with Crippen LogP contribution in [0.5, 0.6) is 0 Å². The Morgan fingerprint density at radius 1 is 1.37 bits per heavy atom. The van der Waals surface area contributed by atoms with E-state index in [0.717, 1.165) is 26.1 Å². The summed E-state index contributed by atoms with van der Waals surface area (Å²) in [6, 6.07) is -1.53. The lowest BCUT2D eigenvalue weighted by molar-refractivity contribution is -0.139. The molecular formula is C13H23N3O3. The maximum Gasteiger partial charge on any atom is 0.327 e. The summed E-state index contributed by atoms with van der Waals surface area (Å²) < 4.78 is 0. The lowest BCUT2D eigenvalue weighted by Crippen LogP contribution is -2.46. The molecule has 0 saturated heterocycles. The van der Waals surface area contributed by atoms with Crippen LogP contribution >= 0.6 is 0 Å². The minimum absolute atomic E-state index is 0.0256. The Bertz CT molecular complexity index is 322. The number of carbonyl (C=O) groups excluding carboxylic acids is 1. The number of urea groups is 1. The molecule has 0 bridgehead atoms. The number of nitrogens with one attached hydrogen (secondary N) is 2. The summed E-state index contributed by atoms with van der Waals surface area (Å²) in [6.07, 6.45) is 5.83. The topological polar surface area (TPSA) is 81.7 Å². The average molecular weight is 269 g/mol. The van der Waals surface area contributed by atoms with Gasteiger partial charge in [-0.2, -0.15) is 0 Å². The SMILES string of the molecule is C#CCC(NC(=O)NCCCN(CC)CC)C(=O)O. The van der Waals surface area contributed by atoms with Crippen molar-refractivity contribution in [1.29, 1.82) is 0 Å². The smallest absolute Gasteiger partial charge is 0.327 e. The predicted molar refractivity (Wildman–Crippen MR) is 73.8 cm³/mol. The van der Waals surface area contributed by atoms with E-state index in [9.17, 15) is 9.59 Å². The van der Waals surface area contributed by atoms with Crippen molar-refractivity contribution in [3.63, 3.8) is 0 Å². The van der Waals surface area contributed by atoms with Crippen molar-refractivity contribution in [2.24, 2.45) is 0 Å². The third kappa shape index (κ3) is 8.06. The fraction of sp³-hybridized carbons (Fsp3) is 0.692. The highest BCUT2D eigenvalue weighted by atomic mass is 16.4. The van der Waals surface area contributed by atoms with Crippen LogP contribution in [0.1, 0.15) is 26.7 Å². The molecule has 0 aliphatic carbocycles. The van der Waals surface area contributed by atoms with Gasteiger partial charge in [0.25, 0.3) is 0 Å². The van der Waals surface area contributed by atoms with Crippen LogP contribution < -0.4 is 10.6 Å². The van der Waals surface area contributed by atoms with Gasteiger partial charge in [0.2, 0.25) is 0 Å². The Balaban J connectivity index is 3.86. The molecule has 0 saturated carbocycles. The van der Waals surface area contributed by atoms with E-state index in [0.29, 0.717) is 6.54 Å². The molecule has 0 aromatic heterocycles. The molecule has 1 atom stereocenters. The van der Waals surface area contributed by atoms with Gasteiger partial charge in [-0.3, -0.25) is 0 Å². The lowest BCUT2D eigenvalue weighted by Gasteiger charge is -2.18. The molecule has 0 aromatic rings. The number of carboxylic acids is 1. The van der Waals surface area contributed by atoms with E-state index in [2.05, 4.69) is 35.3 Å². The zero-order valence-corrected chi connectivity index (χ0v) is 11.6. The highest BCUT2D eigenvalue weighted by Gasteiger charge is 2.18. The van der Waals surface area contributed by atoms with E-state index < -0.39 is 18.0 Å². The summed E-state index contributed by atoms with van der Waals surface area (Å²) >= 11 is 0. The van der Waals surface area contributed by atoms with Crippen LogP contribution in [0.4, 0.5) is 4.79 Å². The standard InChI is InChI=1S/C13H23N3O3/c1-4-8-11(12(17)18)15-13(19)14-9-7-10-16(5-2)6-3/h1,11H,5-10H2,2-3H3,(H,17,18)(H2,14,15,19). The number of carbonyl (C=O) groups is 2. The minimum Gasteiger partial charge on any atom is -0.480 e. The molecule has 0 aliphatic rings. The Labute approximate surface area is 114 Å². The Morgan fingerprint density at radius 2 is 2.00 bits per heavy atom. The van der Waals surface area contributed by atoms with Gasteiger partial charge >= 0.3 is 12.0 Å². The number of nitrogens with zero attached hydrogens (tertiary/aromatic N) is 1. The molecule has 6 nitrogen and oxygen atoms in total. The van der Waals surface area contributed by atoms with Crippen molar-refractivity contribution in [3.05, 3.63) is 0 Å². The van der Waals surface area contributed by atoms with E-state index in [1.807, 2.05) is 0 Å². The van der Waals surface area contributed by atoms with E-state index >= 15 is 0 Å². The van der Waals surface area contributed by atoms with Crippen LogP contribution in [0, 0.1) is 12.3 Å². The van der Waals surface area contributed by atoms with Crippen molar-refractivity contribution in [2.45, 2.75) is 32.7 Å². The van der Waals surface area contributed by atoms with Crippen molar-refractivity contribution in [1.82, 2.24) is 15.5 Å². The first-order chi connectivity index (χ1) is 9.04. The van der Waals surface area contributed by atoms with Crippen molar-refractivity contribution >= 4 is 12.0 Å². The summed E-state index contributed by atoms with van der Waals surface area (Å²) in [4.78, 5) is 24.5. The van der Waals surface area contributed by atoms with Crippen LogP contribution in [-0.4, -0.2) is 54.2 Å². The lowest BCUT2D eigenvalue weighted by atomic mass is 10.2. The van der Waals surface area contributed by atoms with Crippen molar-refractivity contribution < 1.29 is 14.7 Å². The molecule has 0 heterocycles. The second-order valence-corrected chi connectivity index (χ2v) is 4.08. The Morgan fingerprint density at radius 3 is 2.47 bits per heavy atom. The van der Waals surface area contributed by atoms with Crippen LogP contribution in [-0.2, 0) is 4.79 Å². The van der Waals surface area contributed by atoms with Crippen LogP contribution in [0.2, 0.25) is 0 Å². The van der Waals surface area contributed by atoms with Gasteiger partial charge in [0.05, 0.1) is 0 Å². The molecule has 0 aliphatic heterocycles. The number of aliphatic carboxylic acids is 1. The first kappa shape index (κ1) is 17.3. The zero-order valence-electron chi connectivity index (χ0n) is 11.6. The highest BCUT2D eigenvalue weighted by Crippen LogP contribution is 1.92. The van der Waals surface area contributed by atoms with E-state index in [1.54, 1.807) is 0 Å². The molecule has 0 aromatic carbocycles.